The molecule has 8 nitrogen and oxygen atoms in total. The lowest BCUT2D eigenvalue weighted by molar-refractivity contribution is 0.306. The quantitative estimate of drug-likeness (QED) is 0.549. The van der Waals surface area contributed by atoms with Gasteiger partial charge in [0.15, 0.2) is 11.5 Å². The van der Waals surface area contributed by atoms with Gasteiger partial charge in [0.2, 0.25) is 5.16 Å². The van der Waals surface area contributed by atoms with Crippen LogP contribution in [0, 0.1) is 0 Å². The van der Waals surface area contributed by atoms with Gasteiger partial charge in [0, 0.05) is 10.9 Å². The van der Waals surface area contributed by atoms with Gasteiger partial charge in [-0.05, 0) is 11.2 Å². The van der Waals surface area contributed by atoms with Crippen molar-refractivity contribution in [1.29, 1.82) is 0 Å². The standard InChI is InChI=1S/C12H9N7OS/c13-10-8(18-20-19-10)5-21-12-15-11-9(16-17-12)6-3-1-2-4-7(6)14-11/h1-4H,5H2,(H2,13,19)(H,14,15,17). The second kappa shape index (κ2) is 4.70. The molecule has 0 aliphatic carbocycles. The molecule has 0 radical (unpaired) electrons. The van der Waals surface area contributed by atoms with E-state index in [1.807, 2.05) is 24.3 Å². The number of hydrogen-bond donors (Lipinski definition) is 2. The van der Waals surface area contributed by atoms with Crippen LogP contribution < -0.4 is 5.73 Å². The first-order valence-corrected chi connectivity index (χ1v) is 7.10. The van der Waals surface area contributed by atoms with Gasteiger partial charge in [-0.2, -0.15) is 0 Å². The SMILES string of the molecule is Nc1nonc1CSc1nnc2c(n1)[nH]c1ccccc12. The molecule has 0 aliphatic rings. The van der Waals surface area contributed by atoms with E-state index >= 15 is 0 Å². The molecular formula is C12H9N7OS. The molecule has 0 bridgehead atoms. The highest BCUT2D eigenvalue weighted by molar-refractivity contribution is 7.98. The number of aromatic nitrogens is 6. The van der Waals surface area contributed by atoms with E-state index < -0.39 is 0 Å². The van der Waals surface area contributed by atoms with E-state index in [1.165, 1.54) is 11.8 Å². The molecule has 0 amide bonds. The van der Waals surface area contributed by atoms with Gasteiger partial charge in [-0.1, -0.05) is 35.1 Å². The number of hydrogen-bond acceptors (Lipinski definition) is 8. The van der Waals surface area contributed by atoms with Crippen molar-refractivity contribution in [3.63, 3.8) is 0 Å². The van der Waals surface area contributed by atoms with Crippen LogP contribution in [0.5, 0.6) is 0 Å². The molecule has 104 valence electrons. The number of para-hydroxylation sites is 1. The van der Waals surface area contributed by atoms with Gasteiger partial charge in [0.05, 0.1) is 5.75 Å². The Morgan fingerprint density at radius 1 is 1.19 bits per heavy atom. The molecule has 3 N–H and O–H groups in total. The zero-order valence-corrected chi connectivity index (χ0v) is 11.5. The Balaban J connectivity index is 1.67. The van der Waals surface area contributed by atoms with Crippen molar-refractivity contribution in [3.05, 3.63) is 30.0 Å². The summed E-state index contributed by atoms with van der Waals surface area (Å²) in [7, 11) is 0. The summed E-state index contributed by atoms with van der Waals surface area (Å²) >= 11 is 1.37. The zero-order chi connectivity index (χ0) is 14.2. The van der Waals surface area contributed by atoms with Gasteiger partial charge >= 0.3 is 0 Å². The number of nitrogen functional groups attached to an aromatic ring is 1. The molecule has 0 spiro atoms. The Labute approximate surface area is 122 Å². The third-order valence-electron chi connectivity index (χ3n) is 3.03. The van der Waals surface area contributed by atoms with Crippen LogP contribution in [0.1, 0.15) is 5.69 Å². The molecular weight excluding hydrogens is 290 g/mol. The molecule has 0 fully saturated rings. The summed E-state index contributed by atoms with van der Waals surface area (Å²) in [6.07, 6.45) is 0. The topological polar surface area (TPSA) is 119 Å². The van der Waals surface area contributed by atoms with Crippen LogP contribution in [0.4, 0.5) is 5.82 Å². The van der Waals surface area contributed by atoms with Gasteiger partial charge < -0.3 is 10.7 Å². The van der Waals surface area contributed by atoms with Gasteiger partial charge in [0.25, 0.3) is 0 Å². The van der Waals surface area contributed by atoms with Gasteiger partial charge in [-0.15, -0.1) is 10.2 Å². The van der Waals surface area contributed by atoms with Crippen LogP contribution in [-0.2, 0) is 5.75 Å². The van der Waals surface area contributed by atoms with E-state index in [2.05, 4.69) is 35.1 Å². The van der Waals surface area contributed by atoms with Crippen LogP contribution in [0.25, 0.3) is 22.1 Å². The van der Waals surface area contributed by atoms with Gasteiger partial charge in [0.1, 0.15) is 11.2 Å². The molecule has 21 heavy (non-hydrogen) atoms. The Morgan fingerprint density at radius 3 is 2.95 bits per heavy atom. The van der Waals surface area contributed by atoms with E-state index in [0.29, 0.717) is 22.3 Å². The largest absolute Gasteiger partial charge is 0.379 e. The minimum atomic E-state index is 0.280. The number of H-pyrrole nitrogens is 1. The third-order valence-corrected chi connectivity index (χ3v) is 3.88. The molecule has 9 heteroatoms. The summed E-state index contributed by atoms with van der Waals surface area (Å²) in [6.45, 7) is 0. The van der Waals surface area contributed by atoms with Crippen LogP contribution in [0.3, 0.4) is 0 Å². The lowest BCUT2D eigenvalue weighted by atomic mass is 10.2. The molecule has 3 heterocycles. The number of rotatable bonds is 3. The number of fused-ring (bicyclic) bond motifs is 3. The van der Waals surface area contributed by atoms with Crippen molar-refractivity contribution in [3.8, 4) is 0 Å². The normalized spacial score (nSPS) is 11.4. The van der Waals surface area contributed by atoms with E-state index in [0.717, 1.165) is 16.4 Å². The van der Waals surface area contributed by atoms with E-state index in [-0.39, 0.29) is 5.82 Å². The Morgan fingerprint density at radius 2 is 2.10 bits per heavy atom. The van der Waals surface area contributed by atoms with E-state index in [9.17, 15) is 0 Å². The van der Waals surface area contributed by atoms with Crippen LogP contribution in [0.15, 0.2) is 34.1 Å². The maximum atomic E-state index is 5.60. The average Bonchev–Trinajstić information content (AvgIpc) is 3.07. The fourth-order valence-electron chi connectivity index (χ4n) is 2.01. The predicted molar refractivity (Wildman–Crippen MR) is 77.5 cm³/mol. The lowest BCUT2D eigenvalue weighted by Crippen LogP contribution is -1.94. The molecule has 0 unspecified atom stereocenters. The lowest BCUT2D eigenvalue weighted by Gasteiger charge is -1.96. The highest BCUT2D eigenvalue weighted by atomic mass is 32.2. The predicted octanol–water partition coefficient (Wildman–Crippen LogP) is 1.76. The number of thioether (sulfide) groups is 1. The molecule has 1 aromatic carbocycles. The van der Waals surface area contributed by atoms with Crippen molar-refractivity contribution in [2.75, 3.05) is 5.73 Å². The molecule has 0 atom stereocenters. The first-order valence-electron chi connectivity index (χ1n) is 6.12. The van der Waals surface area contributed by atoms with E-state index in [4.69, 9.17) is 5.73 Å². The molecule has 0 saturated carbocycles. The summed E-state index contributed by atoms with van der Waals surface area (Å²) in [5, 5.41) is 17.1. The van der Waals surface area contributed by atoms with Crippen LogP contribution >= 0.6 is 11.8 Å². The van der Waals surface area contributed by atoms with Gasteiger partial charge in [-0.3, -0.25) is 0 Å². The Hall–Kier alpha value is -2.68. The molecule has 0 aliphatic heterocycles. The third kappa shape index (κ3) is 2.07. The highest BCUT2D eigenvalue weighted by Crippen LogP contribution is 2.25. The number of anilines is 1. The first-order chi connectivity index (χ1) is 10.3. The van der Waals surface area contributed by atoms with Crippen molar-refractivity contribution in [2.45, 2.75) is 10.9 Å². The summed E-state index contributed by atoms with van der Waals surface area (Å²) < 4.78 is 4.54. The number of benzene rings is 1. The first kappa shape index (κ1) is 12.1. The Bertz CT molecular complexity index is 932. The second-order valence-corrected chi connectivity index (χ2v) is 5.29. The minimum absolute atomic E-state index is 0.280. The number of aromatic amines is 1. The fourth-order valence-corrected chi connectivity index (χ4v) is 2.73. The zero-order valence-electron chi connectivity index (χ0n) is 10.6. The second-order valence-electron chi connectivity index (χ2n) is 4.35. The smallest absolute Gasteiger partial charge is 0.211 e. The van der Waals surface area contributed by atoms with Crippen molar-refractivity contribution in [2.24, 2.45) is 0 Å². The average molecular weight is 299 g/mol. The monoisotopic (exact) mass is 299 g/mol. The maximum absolute atomic E-state index is 5.60. The molecule has 4 rings (SSSR count). The highest BCUT2D eigenvalue weighted by Gasteiger charge is 2.11. The maximum Gasteiger partial charge on any atom is 0.211 e. The van der Waals surface area contributed by atoms with Crippen LogP contribution in [-0.4, -0.2) is 30.5 Å². The summed E-state index contributed by atoms with van der Waals surface area (Å²) in [6, 6.07) is 7.88. The summed E-state index contributed by atoms with van der Waals surface area (Å²) in [5.74, 6) is 0.755. The van der Waals surface area contributed by atoms with Gasteiger partial charge in [-0.25, -0.2) is 9.61 Å². The Kier molecular flexibility index (Phi) is 2.71. The van der Waals surface area contributed by atoms with Crippen molar-refractivity contribution >= 4 is 39.6 Å². The summed E-state index contributed by atoms with van der Waals surface area (Å²) in [5.41, 5.74) is 8.63. The van der Waals surface area contributed by atoms with Crippen LogP contribution in [0.2, 0.25) is 0 Å². The summed E-state index contributed by atoms with van der Waals surface area (Å²) in [4.78, 5) is 7.68. The molecule has 4 aromatic rings. The number of nitrogens with two attached hydrogens (primary N) is 1. The number of nitrogens with one attached hydrogen (secondary N) is 1. The van der Waals surface area contributed by atoms with Crippen molar-refractivity contribution < 1.29 is 4.63 Å². The minimum Gasteiger partial charge on any atom is -0.379 e. The molecule has 3 aromatic heterocycles. The van der Waals surface area contributed by atoms with Crippen molar-refractivity contribution in [1.82, 2.24) is 30.5 Å². The van der Waals surface area contributed by atoms with E-state index in [1.54, 1.807) is 0 Å². The fraction of sp³-hybridized carbons (Fsp3) is 0.0833. The molecule has 0 saturated heterocycles. The number of nitrogens with zero attached hydrogens (tertiary/aromatic N) is 5.